The Morgan fingerprint density at radius 2 is 1.71 bits per heavy atom. The van der Waals surface area contributed by atoms with Gasteiger partial charge in [0.1, 0.15) is 0 Å². The van der Waals surface area contributed by atoms with Gasteiger partial charge < -0.3 is 5.32 Å². The number of aromatic nitrogens is 1. The number of fused-ring (bicyclic) bond motifs is 6. The van der Waals surface area contributed by atoms with Gasteiger partial charge in [-0.3, -0.25) is 4.98 Å². The van der Waals surface area contributed by atoms with Crippen molar-refractivity contribution >= 4 is 10.8 Å². The van der Waals surface area contributed by atoms with Gasteiger partial charge in [0.05, 0.1) is 0 Å². The summed E-state index contributed by atoms with van der Waals surface area (Å²) < 4.78 is 0. The van der Waals surface area contributed by atoms with Crippen LogP contribution in [0.15, 0.2) is 36.7 Å². The second-order valence-electron chi connectivity index (χ2n) is 12.1. The molecule has 1 aromatic carbocycles. The minimum Gasteiger partial charge on any atom is -0.317 e. The summed E-state index contributed by atoms with van der Waals surface area (Å²) in [6, 6.07) is 10.1. The molecule has 6 rings (SSSR count). The Balaban J connectivity index is 1.28. The average molecular weight is 417 g/mol. The molecular formula is C29H40N2. The van der Waals surface area contributed by atoms with Crippen molar-refractivity contribution in [3.05, 3.63) is 42.2 Å². The third kappa shape index (κ3) is 2.96. The third-order valence-electron chi connectivity index (χ3n) is 11.1. The average Bonchev–Trinajstić information content (AvgIpc) is 3.15. The van der Waals surface area contributed by atoms with Gasteiger partial charge in [0.15, 0.2) is 0 Å². The van der Waals surface area contributed by atoms with E-state index in [1.807, 2.05) is 12.4 Å². The predicted octanol–water partition coefficient (Wildman–Crippen LogP) is 6.95. The Labute approximate surface area is 188 Å². The first-order valence-electron chi connectivity index (χ1n) is 13.0. The van der Waals surface area contributed by atoms with Crippen LogP contribution in [0.1, 0.15) is 83.1 Å². The van der Waals surface area contributed by atoms with Gasteiger partial charge in [0.2, 0.25) is 0 Å². The molecule has 0 bridgehead atoms. The lowest BCUT2D eigenvalue weighted by molar-refractivity contribution is -0.109. The zero-order valence-corrected chi connectivity index (χ0v) is 19.7. The molecule has 4 aliphatic carbocycles. The van der Waals surface area contributed by atoms with Crippen molar-refractivity contribution in [2.45, 2.75) is 83.6 Å². The minimum absolute atomic E-state index is 0.489. The molecule has 0 saturated heterocycles. The van der Waals surface area contributed by atoms with Crippen molar-refractivity contribution in [3.63, 3.8) is 0 Å². The van der Waals surface area contributed by atoms with Crippen LogP contribution >= 0.6 is 0 Å². The van der Waals surface area contributed by atoms with Gasteiger partial charge in [-0.2, -0.15) is 0 Å². The Bertz CT molecular complexity index is 968. The highest BCUT2D eigenvalue weighted by molar-refractivity contribution is 5.82. The van der Waals surface area contributed by atoms with Gasteiger partial charge >= 0.3 is 0 Å². The summed E-state index contributed by atoms with van der Waals surface area (Å²) in [6.45, 7) is 5.37. The smallest absolute Gasteiger partial charge is 0.0346 e. The minimum atomic E-state index is 0.489. The maximum absolute atomic E-state index is 4.39. The molecule has 0 unspecified atom stereocenters. The Hall–Kier alpha value is -1.41. The predicted molar refractivity (Wildman–Crippen MR) is 129 cm³/mol. The fraction of sp³-hybridized carbons (Fsp3) is 0.690. The Morgan fingerprint density at radius 3 is 2.58 bits per heavy atom. The molecule has 8 atom stereocenters. The van der Waals surface area contributed by atoms with Crippen LogP contribution in [0.5, 0.6) is 0 Å². The highest BCUT2D eigenvalue weighted by atomic mass is 14.9. The van der Waals surface area contributed by atoms with E-state index in [4.69, 9.17) is 0 Å². The van der Waals surface area contributed by atoms with Crippen LogP contribution in [0.3, 0.4) is 0 Å². The van der Waals surface area contributed by atoms with Crippen molar-refractivity contribution in [2.24, 2.45) is 34.5 Å². The molecule has 2 aromatic rings. The summed E-state index contributed by atoms with van der Waals surface area (Å²) in [5.41, 5.74) is 2.67. The number of hydrogen-bond acceptors (Lipinski definition) is 2. The van der Waals surface area contributed by atoms with Gasteiger partial charge in [-0.05, 0) is 128 Å². The maximum atomic E-state index is 4.39. The zero-order valence-electron chi connectivity index (χ0n) is 19.7. The molecule has 2 heteroatoms. The van der Waals surface area contributed by atoms with Crippen molar-refractivity contribution in [1.82, 2.24) is 10.3 Å². The van der Waals surface area contributed by atoms with Crippen molar-refractivity contribution in [1.29, 1.82) is 0 Å². The number of rotatable bonds is 2. The summed E-state index contributed by atoms with van der Waals surface area (Å²) in [5.74, 6) is 4.56. The van der Waals surface area contributed by atoms with E-state index in [9.17, 15) is 0 Å². The number of hydrogen-bond donors (Lipinski definition) is 1. The van der Waals surface area contributed by atoms with E-state index in [0.29, 0.717) is 10.8 Å². The molecule has 4 aliphatic rings. The topological polar surface area (TPSA) is 24.9 Å². The molecule has 0 aliphatic heterocycles. The normalized spacial score (nSPS) is 44.5. The van der Waals surface area contributed by atoms with Gasteiger partial charge in [-0.1, -0.05) is 26.0 Å². The van der Waals surface area contributed by atoms with Gasteiger partial charge in [0, 0.05) is 23.8 Å². The maximum Gasteiger partial charge on any atom is 0.0346 e. The molecule has 2 nitrogen and oxygen atoms in total. The van der Waals surface area contributed by atoms with E-state index < -0.39 is 0 Å². The van der Waals surface area contributed by atoms with E-state index in [2.05, 4.69) is 55.5 Å². The zero-order chi connectivity index (χ0) is 21.2. The molecule has 4 saturated carbocycles. The van der Waals surface area contributed by atoms with Crippen LogP contribution in [0.4, 0.5) is 0 Å². The summed E-state index contributed by atoms with van der Waals surface area (Å²) in [5, 5.41) is 6.24. The molecule has 1 N–H and O–H groups in total. The van der Waals surface area contributed by atoms with Crippen LogP contribution in [-0.2, 0) is 0 Å². The molecule has 1 heterocycles. The van der Waals surface area contributed by atoms with E-state index in [1.165, 1.54) is 68.6 Å². The molecule has 0 amide bonds. The molecule has 0 spiro atoms. The largest absolute Gasteiger partial charge is 0.317 e. The summed E-state index contributed by atoms with van der Waals surface area (Å²) >= 11 is 0. The van der Waals surface area contributed by atoms with Crippen molar-refractivity contribution < 1.29 is 0 Å². The molecule has 4 fully saturated rings. The lowest BCUT2D eigenvalue weighted by Crippen LogP contribution is -2.54. The molecular weight excluding hydrogens is 376 g/mol. The lowest BCUT2D eigenvalue weighted by atomic mass is 9.44. The number of pyridine rings is 1. The van der Waals surface area contributed by atoms with Gasteiger partial charge in [0.25, 0.3) is 0 Å². The number of benzene rings is 1. The summed E-state index contributed by atoms with van der Waals surface area (Å²) in [6.07, 6.45) is 17.0. The standard InChI is InChI=1S/C29H40N2/c1-28-13-10-23(30-3)17-22(28)6-7-24-26-9-8-25(29(26,2)14-11-27(24)28)20-5-4-19-12-15-31-18-21(19)16-20/h4-5,12,15-16,18,22-27,30H,6-11,13-14,17H2,1-3H3/t22-,23-,24-,25+,26-,27-,28-,29+/m0/s1. The highest BCUT2D eigenvalue weighted by Gasteiger charge is 2.60. The molecule has 1 aromatic heterocycles. The SMILES string of the molecule is CN[C@H]1CC[C@@]2(C)[C@@H](CC[C@@H]3[C@@H]2CC[C@]2(C)[C@@H](c4ccc5ccncc5c4)CC[C@@H]32)C1. The van der Waals surface area contributed by atoms with Crippen LogP contribution in [0.25, 0.3) is 10.8 Å². The fourth-order valence-electron chi connectivity index (χ4n) is 9.39. The Kier molecular flexibility index (Phi) is 4.76. The lowest BCUT2D eigenvalue weighted by Gasteiger charge is -2.61. The van der Waals surface area contributed by atoms with Crippen LogP contribution in [0, 0.1) is 34.5 Å². The molecule has 166 valence electrons. The van der Waals surface area contributed by atoms with Crippen molar-refractivity contribution in [2.75, 3.05) is 7.05 Å². The first kappa shape index (κ1) is 20.2. The van der Waals surface area contributed by atoms with E-state index in [-0.39, 0.29) is 0 Å². The monoisotopic (exact) mass is 416 g/mol. The number of nitrogens with one attached hydrogen (secondary N) is 1. The first-order valence-corrected chi connectivity index (χ1v) is 13.0. The second-order valence-corrected chi connectivity index (χ2v) is 12.1. The van der Waals surface area contributed by atoms with E-state index >= 15 is 0 Å². The summed E-state index contributed by atoms with van der Waals surface area (Å²) in [4.78, 5) is 4.39. The molecule has 31 heavy (non-hydrogen) atoms. The van der Waals surface area contributed by atoms with Crippen molar-refractivity contribution in [3.8, 4) is 0 Å². The van der Waals surface area contributed by atoms with Gasteiger partial charge in [-0.15, -0.1) is 0 Å². The second kappa shape index (κ2) is 7.30. The third-order valence-corrected chi connectivity index (χ3v) is 11.1. The first-order chi connectivity index (χ1) is 15.0. The fourth-order valence-corrected chi connectivity index (χ4v) is 9.39. The van der Waals surface area contributed by atoms with E-state index in [1.54, 1.807) is 5.56 Å². The quantitative estimate of drug-likeness (QED) is 0.573. The van der Waals surface area contributed by atoms with Crippen LogP contribution < -0.4 is 5.32 Å². The Morgan fingerprint density at radius 1 is 0.871 bits per heavy atom. The summed E-state index contributed by atoms with van der Waals surface area (Å²) in [7, 11) is 2.17. The van der Waals surface area contributed by atoms with E-state index in [0.717, 1.165) is 35.6 Å². The highest BCUT2D eigenvalue weighted by Crippen LogP contribution is 2.69. The van der Waals surface area contributed by atoms with Gasteiger partial charge in [-0.25, -0.2) is 0 Å². The van der Waals surface area contributed by atoms with Crippen LogP contribution in [-0.4, -0.2) is 18.1 Å². The van der Waals surface area contributed by atoms with Crippen LogP contribution in [0.2, 0.25) is 0 Å². The number of nitrogens with zero attached hydrogens (tertiary/aromatic N) is 1. The molecule has 0 radical (unpaired) electrons.